The highest BCUT2D eigenvalue weighted by Gasteiger charge is 2.42. The molecule has 150 valence electrons. The molecule has 0 N–H and O–H groups in total. The minimum Gasteiger partial charge on any atom is -0.335 e. The van der Waals surface area contributed by atoms with Crippen LogP contribution in [0.25, 0.3) is 0 Å². The fraction of sp³-hybridized carbons (Fsp3) is 0.696. The van der Waals surface area contributed by atoms with Crippen molar-refractivity contribution in [2.75, 3.05) is 13.1 Å². The van der Waals surface area contributed by atoms with Gasteiger partial charge in [-0.25, -0.2) is 0 Å². The lowest BCUT2D eigenvalue weighted by Crippen LogP contribution is -2.42. The summed E-state index contributed by atoms with van der Waals surface area (Å²) in [4.78, 5) is 35.3. The molecule has 5 nitrogen and oxygen atoms in total. The molecule has 0 aromatic carbocycles. The normalized spacial score (nSPS) is 32.1. The van der Waals surface area contributed by atoms with Crippen LogP contribution in [0.5, 0.6) is 0 Å². The van der Waals surface area contributed by atoms with Gasteiger partial charge in [-0.1, -0.05) is 25.7 Å². The third kappa shape index (κ3) is 3.03. The van der Waals surface area contributed by atoms with E-state index in [9.17, 15) is 9.59 Å². The van der Waals surface area contributed by atoms with E-state index in [4.69, 9.17) is 0 Å². The molecule has 0 radical (unpaired) electrons. The average Bonchev–Trinajstić information content (AvgIpc) is 3.37. The largest absolute Gasteiger partial charge is 0.335 e. The highest BCUT2D eigenvalue weighted by molar-refractivity contribution is 6.06. The maximum absolute atomic E-state index is 13.4. The lowest BCUT2D eigenvalue weighted by Gasteiger charge is -2.33. The number of hydrogen-bond acceptors (Lipinski definition) is 3. The van der Waals surface area contributed by atoms with Crippen molar-refractivity contribution in [2.24, 2.45) is 11.8 Å². The molecule has 3 heterocycles. The van der Waals surface area contributed by atoms with E-state index in [1.165, 1.54) is 38.5 Å². The first-order chi connectivity index (χ1) is 13.7. The van der Waals surface area contributed by atoms with Crippen LogP contribution in [0.4, 0.5) is 0 Å². The molecule has 2 amide bonds. The molecule has 2 saturated carbocycles. The Morgan fingerprint density at radius 2 is 1.36 bits per heavy atom. The molecule has 1 aromatic heterocycles. The maximum atomic E-state index is 13.4. The van der Waals surface area contributed by atoms with Crippen LogP contribution >= 0.6 is 0 Å². The van der Waals surface area contributed by atoms with Crippen molar-refractivity contribution >= 4 is 11.8 Å². The summed E-state index contributed by atoms with van der Waals surface area (Å²) in [5.74, 6) is 1.28. The minimum atomic E-state index is -0.0299. The molecule has 2 aliphatic heterocycles. The van der Waals surface area contributed by atoms with Crippen molar-refractivity contribution in [3.05, 3.63) is 29.6 Å². The van der Waals surface area contributed by atoms with E-state index >= 15 is 0 Å². The smallest absolute Gasteiger partial charge is 0.273 e. The molecule has 4 fully saturated rings. The number of carbonyl (C=O) groups excluding carboxylic acids is 2. The lowest BCUT2D eigenvalue weighted by atomic mass is 9.85. The summed E-state index contributed by atoms with van der Waals surface area (Å²) in [6, 6.07) is 4.32. The van der Waals surface area contributed by atoms with Crippen LogP contribution in [0, 0.1) is 11.8 Å². The molecule has 4 atom stereocenters. The predicted molar refractivity (Wildman–Crippen MR) is 107 cm³/mol. The van der Waals surface area contributed by atoms with Crippen LogP contribution in [-0.4, -0.2) is 51.8 Å². The molecular weight excluding hydrogens is 350 g/mol. The van der Waals surface area contributed by atoms with Gasteiger partial charge in [0.1, 0.15) is 5.69 Å². The number of hydrogen-bond donors (Lipinski definition) is 0. The zero-order valence-corrected chi connectivity index (χ0v) is 16.7. The van der Waals surface area contributed by atoms with E-state index < -0.39 is 0 Å². The zero-order chi connectivity index (χ0) is 19.1. The van der Waals surface area contributed by atoms with Crippen LogP contribution in [0.15, 0.2) is 18.3 Å². The van der Waals surface area contributed by atoms with Crippen LogP contribution in [0.2, 0.25) is 0 Å². The van der Waals surface area contributed by atoms with Gasteiger partial charge in [0, 0.05) is 31.4 Å². The van der Waals surface area contributed by atoms with Crippen LogP contribution in [0.3, 0.4) is 0 Å². The predicted octanol–water partition coefficient (Wildman–Crippen LogP) is 3.89. The molecule has 2 aliphatic carbocycles. The number of likely N-dealkylation sites (tertiary alicyclic amines) is 2. The molecule has 0 bridgehead atoms. The summed E-state index contributed by atoms with van der Waals surface area (Å²) in [5, 5.41) is 0. The topological polar surface area (TPSA) is 53.5 Å². The average molecular weight is 382 g/mol. The van der Waals surface area contributed by atoms with Gasteiger partial charge in [0.15, 0.2) is 0 Å². The van der Waals surface area contributed by atoms with Gasteiger partial charge >= 0.3 is 0 Å². The summed E-state index contributed by atoms with van der Waals surface area (Å²) >= 11 is 0. The highest BCUT2D eigenvalue weighted by Crippen LogP contribution is 2.38. The Labute approximate surface area is 167 Å². The Hall–Kier alpha value is -1.91. The molecule has 0 spiro atoms. The van der Waals surface area contributed by atoms with Gasteiger partial charge in [0.25, 0.3) is 11.8 Å². The van der Waals surface area contributed by atoms with Crippen molar-refractivity contribution < 1.29 is 9.59 Å². The third-order valence-electron chi connectivity index (χ3n) is 7.78. The molecule has 4 aliphatic rings. The van der Waals surface area contributed by atoms with Crippen LogP contribution in [0.1, 0.15) is 85.1 Å². The fourth-order valence-corrected chi connectivity index (χ4v) is 6.36. The Morgan fingerprint density at radius 1 is 0.786 bits per heavy atom. The SMILES string of the molecule is O=C(c1cccnc1C(=O)N1CCC2CCCCC21)N1CCC2CCCCC21. The number of fused-ring (bicyclic) bond motifs is 2. The monoisotopic (exact) mass is 381 g/mol. The van der Waals surface area contributed by atoms with Crippen LogP contribution in [-0.2, 0) is 0 Å². The summed E-state index contributed by atoms with van der Waals surface area (Å²) in [5.41, 5.74) is 0.885. The molecule has 5 rings (SSSR count). The summed E-state index contributed by atoms with van der Waals surface area (Å²) in [6.45, 7) is 1.64. The summed E-state index contributed by atoms with van der Waals surface area (Å²) < 4.78 is 0. The Bertz CT molecular complexity index is 701. The molecular formula is C23H31N3O2. The lowest BCUT2D eigenvalue weighted by molar-refractivity contribution is 0.0645. The zero-order valence-electron chi connectivity index (χ0n) is 16.7. The van der Waals surface area contributed by atoms with E-state index in [-0.39, 0.29) is 11.8 Å². The van der Waals surface area contributed by atoms with Gasteiger partial charge in [-0.15, -0.1) is 0 Å². The van der Waals surface area contributed by atoms with Gasteiger partial charge in [-0.2, -0.15) is 0 Å². The first-order valence-corrected chi connectivity index (χ1v) is 11.3. The fourth-order valence-electron chi connectivity index (χ4n) is 6.36. The van der Waals surface area contributed by atoms with Crippen molar-refractivity contribution in [3.63, 3.8) is 0 Å². The van der Waals surface area contributed by atoms with Gasteiger partial charge in [-0.3, -0.25) is 14.6 Å². The van der Waals surface area contributed by atoms with Crippen molar-refractivity contribution in [1.82, 2.24) is 14.8 Å². The quantitative estimate of drug-likeness (QED) is 0.781. The summed E-state index contributed by atoms with van der Waals surface area (Å²) in [7, 11) is 0. The van der Waals surface area contributed by atoms with Gasteiger partial charge in [0.2, 0.25) is 0 Å². The first-order valence-electron chi connectivity index (χ1n) is 11.3. The summed E-state index contributed by atoms with van der Waals surface area (Å²) in [6.07, 6.45) is 13.5. The second-order valence-electron chi connectivity index (χ2n) is 9.20. The van der Waals surface area contributed by atoms with E-state index in [1.54, 1.807) is 12.3 Å². The second kappa shape index (κ2) is 7.49. The number of rotatable bonds is 2. The Morgan fingerprint density at radius 3 is 2.00 bits per heavy atom. The van der Waals surface area contributed by atoms with Gasteiger partial charge in [0.05, 0.1) is 5.56 Å². The van der Waals surface area contributed by atoms with E-state index in [0.29, 0.717) is 35.2 Å². The molecule has 5 heteroatoms. The molecule has 1 aromatic rings. The molecule has 28 heavy (non-hydrogen) atoms. The number of pyridine rings is 1. The second-order valence-corrected chi connectivity index (χ2v) is 9.20. The maximum Gasteiger partial charge on any atom is 0.273 e. The highest BCUT2D eigenvalue weighted by atomic mass is 16.2. The van der Waals surface area contributed by atoms with Gasteiger partial charge in [-0.05, 0) is 62.5 Å². The number of carbonyl (C=O) groups is 2. The molecule has 2 saturated heterocycles. The first kappa shape index (κ1) is 18.1. The van der Waals surface area contributed by atoms with E-state index in [2.05, 4.69) is 4.98 Å². The third-order valence-corrected chi connectivity index (χ3v) is 7.78. The number of aromatic nitrogens is 1. The van der Waals surface area contributed by atoms with E-state index in [1.807, 2.05) is 15.9 Å². The Balaban J connectivity index is 1.40. The standard InChI is InChI=1S/C23H31N3O2/c27-22(25-14-11-16-6-1-3-9-19(16)25)18-8-5-13-24-21(18)23(28)26-15-12-17-7-2-4-10-20(17)26/h5,8,13,16-17,19-20H,1-4,6-7,9-12,14-15H2. The van der Waals surface area contributed by atoms with Crippen LogP contribution < -0.4 is 0 Å². The van der Waals surface area contributed by atoms with Crippen molar-refractivity contribution in [2.45, 2.75) is 76.3 Å². The van der Waals surface area contributed by atoms with Gasteiger partial charge < -0.3 is 9.80 Å². The minimum absolute atomic E-state index is 0.0187. The Kier molecular flexibility index (Phi) is 4.85. The number of amides is 2. The number of nitrogens with zero attached hydrogens (tertiary/aromatic N) is 3. The molecule has 4 unspecified atom stereocenters. The van der Waals surface area contributed by atoms with Crippen molar-refractivity contribution in [1.29, 1.82) is 0 Å². The van der Waals surface area contributed by atoms with E-state index in [0.717, 1.165) is 38.8 Å². The van der Waals surface area contributed by atoms with Crippen molar-refractivity contribution in [3.8, 4) is 0 Å².